The molecule has 1 fully saturated rings. The lowest BCUT2D eigenvalue weighted by molar-refractivity contribution is -0.117. The number of aryl methyl sites for hydroxylation is 1. The van der Waals surface area contributed by atoms with Crippen molar-refractivity contribution in [2.45, 2.75) is 45.9 Å². The van der Waals surface area contributed by atoms with E-state index in [9.17, 15) is 14.7 Å². The van der Waals surface area contributed by atoms with Gasteiger partial charge in [0.2, 0.25) is 0 Å². The molecular weight excluding hydrogens is 416 g/mol. The molecule has 1 aliphatic heterocycles. The minimum atomic E-state index is -0.634. The maximum absolute atomic E-state index is 12.9. The van der Waals surface area contributed by atoms with Gasteiger partial charge in [-0.05, 0) is 49.9 Å². The molecule has 172 valence electrons. The molecule has 0 atom stereocenters. The Morgan fingerprint density at radius 1 is 1.00 bits per heavy atom. The minimum Gasteiger partial charge on any atom is -0.393 e. The molecule has 7 heteroatoms. The van der Waals surface area contributed by atoms with Crippen molar-refractivity contribution in [3.8, 4) is 5.69 Å². The summed E-state index contributed by atoms with van der Waals surface area (Å²) in [5.41, 5.74) is 4.50. The third kappa shape index (κ3) is 5.38. The number of aromatic nitrogens is 2. The first-order chi connectivity index (χ1) is 15.9. The third-order valence-corrected chi connectivity index (χ3v) is 6.16. The molecular formula is C26H30N4O3. The zero-order chi connectivity index (χ0) is 23.4. The lowest BCUT2D eigenvalue weighted by Gasteiger charge is -2.29. The van der Waals surface area contributed by atoms with Gasteiger partial charge in [-0.2, -0.15) is 5.10 Å². The number of aliphatic hydroxyl groups excluding tert-OH is 1. The molecule has 0 saturated carbocycles. The van der Waals surface area contributed by atoms with E-state index >= 15 is 0 Å². The predicted octanol–water partition coefficient (Wildman–Crippen LogP) is 2.94. The van der Waals surface area contributed by atoms with Crippen LogP contribution in [-0.4, -0.2) is 50.7 Å². The molecule has 1 amide bonds. The monoisotopic (exact) mass is 446 g/mol. The average Bonchev–Trinajstić information content (AvgIpc) is 3.13. The van der Waals surface area contributed by atoms with Gasteiger partial charge in [0.15, 0.2) is 0 Å². The van der Waals surface area contributed by atoms with E-state index in [2.05, 4.69) is 15.3 Å². The minimum absolute atomic E-state index is 0.171. The van der Waals surface area contributed by atoms with Gasteiger partial charge in [0.1, 0.15) is 0 Å². The number of nitrogens with one attached hydrogen (secondary N) is 1. The molecule has 4 rings (SSSR count). The normalized spacial score (nSPS) is 14.9. The number of carbonyl (C=O) groups is 2. The van der Waals surface area contributed by atoms with Crippen LogP contribution in [0.2, 0.25) is 0 Å². The molecule has 0 bridgehead atoms. The summed E-state index contributed by atoms with van der Waals surface area (Å²) in [7, 11) is 0. The molecule has 0 radical (unpaired) electrons. The standard InChI is InChI=1S/C26H30N4O3/c1-18-24(19(2)30(28-18)22-6-4-3-5-7-22)25(32)26(33)27-16-20-8-10-21(11-9-20)17-29-14-12-23(31)13-15-29/h3-11,23,31H,12-17H2,1-2H3,(H,27,33). The highest BCUT2D eigenvalue weighted by atomic mass is 16.3. The smallest absolute Gasteiger partial charge is 0.292 e. The van der Waals surface area contributed by atoms with Crippen LogP contribution in [0.25, 0.3) is 5.69 Å². The second-order valence-electron chi connectivity index (χ2n) is 8.63. The van der Waals surface area contributed by atoms with Gasteiger partial charge >= 0.3 is 0 Å². The van der Waals surface area contributed by atoms with Crippen molar-refractivity contribution in [2.24, 2.45) is 0 Å². The number of hydrogen-bond acceptors (Lipinski definition) is 5. The number of hydrogen-bond donors (Lipinski definition) is 2. The summed E-state index contributed by atoms with van der Waals surface area (Å²) >= 11 is 0. The molecule has 1 aliphatic rings. The number of aliphatic hydroxyl groups is 1. The van der Waals surface area contributed by atoms with Crippen molar-refractivity contribution in [1.29, 1.82) is 0 Å². The fraction of sp³-hybridized carbons (Fsp3) is 0.346. The van der Waals surface area contributed by atoms with Gasteiger partial charge in [0, 0.05) is 26.2 Å². The molecule has 0 unspecified atom stereocenters. The Morgan fingerprint density at radius 3 is 2.30 bits per heavy atom. The van der Waals surface area contributed by atoms with Gasteiger partial charge in [0.25, 0.3) is 11.7 Å². The number of rotatable bonds is 7. The number of piperidine rings is 1. The topological polar surface area (TPSA) is 87.5 Å². The van der Waals surface area contributed by atoms with Crippen LogP contribution >= 0.6 is 0 Å². The zero-order valence-corrected chi connectivity index (χ0v) is 19.1. The summed E-state index contributed by atoms with van der Waals surface area (Å²) in [6.07, 6.45) is 1.47. The molecule has 2 heterocycles. The van der Waals surface area contributed by atoms with Crippen molar-refractivity contribution in [3.05, 3.63) is 82.7 Å². The number of amides is 1. The van der Waals surface area contributed by atoms with Crippen LogP contribution in [0.1, 0.15) is 45.7 Å². The van der Waals surface area contributed by atoms with Crippen LogP contribution in [0.5, 0.6) is 0 Å². The maximum Gasteiger partial charge on any atom is 0.292 e. The van der Waals surface area contributed by atoms with E-state index in [1.54, 1.807) is 18.5 Å². The molecule has 2 N–H and O–H groups in total. The van der Waals surface area contributed by atoms with Gasteiger partial charge < -0.3 is 10.4 Å². The van der Waals surface area contributed by atoms with Gasteiger partial charge in [-0.1, -0.05) is 42.5 Å². The predicted molar refractivity (Wildman–Crippen MR) is 126 cm³/mol. The van der Waals surface area contributed by atoms with E-state index in [-0.39, 0.29) is 12.6 Å². The van der Waals surface area contributed by atoms with E-state index in [4.69, 9.17) is 0 Å². The van der Waals surface area contributed by atoms with Crippen LogP contribution in [-0.2, 0) is 17.9 Å². The number of likely N-dealkylation sites (tertiary alicyclic amines) is 1. The molecule has 1 saturated heterocycles. The molecule has 1 aromatic heterocycles. The average molecular weight is 447 g/mol. The third-order valence-electron chi connectivity index (χ3n) is 6.16. The summed E-state index contributed by atoms with van der Waals surface area (Å²) in [6.45, 7) is 6.49. The summed E-state index contributed by atoms with van der Waals surface area (Å²) in [6, 6.07) is 17.6. The molecule has 0 spiro atoms. The first kappa shape index (κ1) is 22.9. The largest absolute Gasteiger partial charge is 0.393 e. The molecule has 0 aliphatic carbocycles. The molecule has 33 heavy (non-hydrogen) atoms. The Bertz CT molecular complexity index is 1110. The van der Waals surface area contributed by atoms with E-state index in [0.29, 0.717) is 17.0 Å². The highest BCUT2D eigenvalue weighted by Crippen LogP contribution is 2.19. The fourth-order valence-electron chi connectivity index (χ4n) is 4.27. The first-order valence-electron chi connectivity index (χ1n) is 11.3. The number of benzene rings is 2. The Hall–Kier alpha value is -3.29. The van der Waals surface area contributed by atoms with E-state index in [0.717, 1.165) is 43.7 Å². The summed E-state index contributed by atoms with van der Waals surface area (Å²) in [5.74, 6) is -1.21. The zero-order valence-electron chi connectivity index (χ0n) is 19.1. The number of carbonyl (C=O) groups excluding carboxylic acids is 2. The maximum atomic E-state index is 12.9. The summed E-state index contributed by atoms with van der Waals surface area (Å²) in [5, 5.41) is 16.8. The summed E-state index contributed by atoms with van der Waals surface area (Å²) in [4.78, 5) is 27.8. The number of nitrogens with zero attached hydrogens (tertiary/aromatic N) is 3. The SMILES string of the molecule is Cc1nn(-c2ccccc2)c(C)c1C(=O)C(=O)NCc1ccc(CN2CCC(O)CC2)cc1. The highest BCUT2D eigenvalue weighted by Gasteiger charge is 2.25. The van der Waals surface area contributed by atoms with Crippen molar-refractivity contribution in [2.75, 3.05) is 13.1 Å². The van der Waals surface area contributed by atoms with Crippen molar-refractivity contribution in [3.63, 3.8) is 0 Å². The van der Waals surface area contributed by atoms with Crippen molar-refractivity contribution < 1.29 is 14.7 Å². The lowest BCUT2D eigenvalue weighted by atomic mass is 10.1. The van der Waals surface area contributed by atoms with Crippen LogP contribution in [0.15, 0.2) is 54.6 Å². The lowest BCUT2D eigenvalue weighted by Crippen LogP contribution is -2.35. The van der Waals surface area contributed by atoms with E-state index < -0.39 is 11.7 Å². The Kier molecular flexibility index (Phi) is 7.01. The van der Waals surface area contributed by atoms with Gasteiger partial charge in [-0.15, -0.1) is 0 Å². The highest BCUT2D eigenvalue weighted by molar-refractivity contribution is 6.43. The second kappa shape index (κ2) is 10.1. The quantitative estimate of drug-likeness (QED) is 0.430. The van der Waals surface area contributed by atoms with Crippen LogP contribution in [0.3, 0.4) is 0 Å². The van der Waals surface area contributed by atoms with Crippen molar-refractivity contribution >= 4 is 11.7 Å². The van der Waals surface area contributed by atoms with E-state index in [1.165, 1.54) is 5.56 Å². The van der Waals surface area contributed by atoms with Crippen LogP contribution < -0.4 is 5.32 Å². The van der Waals surface area contributed by atoms with Gasteiger partial charge in [-0.25, -0.2) is 4.68 Å². The molecule has 2 aromatic carbocycles. The van der Waals surface area contributed by atoms with Gasteiger partial charge in [-0.3, -0.25) is 14.5 Å². The van der Waals surface area contributed by atoms with Crippen LogP contribution in [0, 0.1) is 13.8 Å². The van der Waals surface area contributed by atoms with E-state index in [1.807, 2.05) is 54.6 Å². The van der Waals surface area contributed by atoms with Crippen molar-refractivity contribution in [1.82, 2.24) is 20.0 Å². The summed E-state index contributed by atoms with van der Waals surface area (Å²) < 4.78 is 1.69. The number of para-hydroxylation sites is 1. The Balaban J connectivity index is 1.35. The molecule has 3 aromatic rings. The fourth-order valence-corrected chi connectivity index (χ4v) is 4.27. The Labute approximate surface area is 194 Å². The number of Topliss-reactive ketones (excluding diaryl/α,β-unsaturated/α-hetero) is 1. The first-order valence-corrected chi connectivity index (χ1v) is 11.3. The number of ketones is 1. The molecule has 7 nitrogen and oxygen atoms in total. The Morgan fingerprint density at radius 2 is 1.64 bits per heavy atom. The van der Waals surface area contributed by atoms with Crippen LogP contribution in [0.4, 0.5) is 0 Å². The van der Waals surface area contributed by atoms with Gasteiger partial charge in [0.05, 0.1) is 28.7 Å². The second-order valence-corrected chi connectivity index (χ2v) is 8.63.